The summed E-state index contributed by atoms with van der Waals surface area (Å²) in [5.74, 6) is -0.0162. The molecule has 2 rings (SSSR count). The van der Waals surface area contributed by atoms with Gasteiger partial charge in [-0.1, -0.05) is 19.3 Å². The molecule has 5 heteroatoms. The fourth-order valence-corrected chi connectivity index (χ4v) is 3.84. The topological polar surface area (TPSA) is 78.9 Å². The summed E-state index contributed by atoms with van der Waals surface area (Å²) < 4.78 is 0. The first kappa shape index (κ1) is 15.0. The number of nitriles is 1. The largest absolute Gasteiger partial charge is 0.329 e. The molecular formula is C15H21N3OS. The molecule has 1 aromatic heterocycles. The van der Waals surface area contributed by atoms with Crippen LogP contribution in [-0.2, 0) is 4.79 Å². The minimum Gasteiger partial charge on any atom is -0.329 e. The third kappa shape index (κ3) is 2.58. The number of carbonyl (C=O) groups is 1. The van der Waals surface area contributed by atoms with Gasteiger partial charge in [-0.15, -0.1) is 11.3 Å². The molecule has 0 saturated heterocycles. The van der Waals surface area contributed by atoms with Crippen molar-refractivity contribution in [1.29, 1.82) is 5.26 Å². The lowest BCUT2D eigenvalue weighted by Crippen LogP contribution is -2.43. The number of thiophene rings is 1. The SMILES string of the molecule is Cc1sc(NC(=O)C2(CN)CCCCC2)c(C#N)c1C. The highest BCUT2D eigenvalue weighted by atomic mass is 32.1. The van der Waals surface area contributed by atoms with Gasteiger partial charge in [-0.05, 0) is 32.3 Å². The van der Waals surface area contributed by atoms with E-state index in [0.717, 1.165) is 36.1 Å². The van der Waals surface area contributed by atoms with E-state index in [2.05, 4.69) is 11.4 Å². The van der Waals surface area contributed by atoms with Gasteiger partial charge in [0, 0.05) is 11.4 Å². The molecule has 0 atom stereocenters. The van der Waals surface area contributed by atoms with Crippen molar-refractivity contribution < 1.29 is 4.79 Å². The lowest BCUT2D eigenvalue weighted by atomic mass is 9.73. The summed E-state index contributed by atoms with van der Waals surface area (Å²) in [6.07, 6.45) is 4.98. The highest BCUT2D eigenvalue weighted by molar-refractivity contribution is 7.16. The van der Waals surface area contributed by atoms with Crippen LogP contribution in [0, 0.1) is 30.6 Å². The Morgan fingerprint density at radius 2 is 2.05 bits per heavy atom. The van der Waals surface area contributed by atoms with Gasteiger partial charge in [-0.25, -0.2) is 0 Å². The Hall–Kier alpha value is -1.38. The van der Waals surface area contributed by atoms with Crippen molar-refractivity contribution in [2.75, 3.05) is 11.9 Å². The van der Waals surface area contributed by atoms with E-state index in [4.69, 9.17) is 5.73 Å². The molecule has 0 aliphatic heterocycles. The molecule has 1 aliphatic carbocycles. The molecule has 1 fully saturated rings. The van der Waals surface area contributed by atoms with E-state index in [1.807, 2.05) is 13.8 Å². The predicted molar refractivity (Wildman–Crippen MR) is 81.7 cm³/mol. The summed E-state index contributed by atoms with van der Waals surface area (Å²) in [7, 11) is 0. The lowest BCUT2D eigenvalue weighted by molar-refractivity contribution is -0.126. The van der Waals surface area contributed by atoms with Crippen LogP contribution in [0.5, 0.6) is 0 Å². The summed E-state index contributed by atoms with van der Waals surface area (Å²) in [5.41, 5.74) is 6.97. The van der Waals surface area contributed by atoms with E-state index < -0.39 is 5.41 Å². The minimum absolute atomic E-state index is 0.0162. The quantitative estimate of drug-likeness (QED) is 0.898. The van der Waals surface area contributed by atoms with Gasteiger partial charge in [-0.3, -0.25) is 4.79 Å². The van der Waals surface area contributed by atoms with E-state index in [0.29, 0.717) is 17.1 Å². The monoisotopic (exact) mass is 291 g/mol. The summed E-state index contributed by atoms with van der Waals surface area (Å²) in [5, 5.41) is 12.9. The zero-order valence-electron chi connectivity index (χ0n) is 12.1. The van der Waals surface area contributed by atoms with Crippen LogP contribution in [0.1, 0.15) is 48.1 Å². The molecule has 1 heterocycles. The maximum absolute atomic E-state index is 12.6. The Kier molecular flexibility index (Phi) is 4.46. The maximum atomic E-state index is 12.6. The van der Waals surface area contributed by atoms with Crippen LogP contribution in [0.2, 0.25) is 0 Å². The first-order valence-corrected chi connectivity index (χ1v) is 7.87. The van der Waals surface area contributed by atoms with Gasteiger partial charge in [0.05, 0.1) is 11.0 Å². The van der Waals surface area contributed by atoms with Crippen LogP contribution in [-0.4, -0.2) is 12.5 Å². The van der Waals surface area contributed by atoms with E-state index >= 15 is 0 Å². The molecule has 1 amide bonds. The second kappa shape index (κ2) is 5.94. The summed E-state index contributed by atoms with van der Waals surface area (Å²) in [6.45, 7) is 4.26. The zero-order valence-corrected chi connectivity index (χ0v) is 12.9. The third-order valence-electron chi connectivity index (χ3n) is 4.41. The number of amides is 1. The molecule has 4 nitrogen and oxygen atoms in total. The molecule has 1 saturated carbocycles. The van der Waals surface area contributed by atoms with Crippen LogP contribution in [0.4, 0.5) is 5.00 Å². The Morgan fingerprint density at radius 1 is 1.40 bits per heavy atom. The highest BCUT2D eigenvalue weighted by Crippen LogP contribution is 2.38. The number of nitrogens with two attached hydrogens (primary N) is 1. The van der Waals surface area contributed by atoms with E-state index in [1.165, 1.54) is 17.8 Å². The summed E-state index contributed by atoms with van der Waals surface area (Å²) >= 11 is 1.47. The first-order valence-electron chi connectivity index (χ1n) is 7.05. The average Bonchev–Trinajstić information content (AvgIpc) is 2.73. The van der Waals surface area contributed by atoms with Gasteiger partial charge in [-0.2, -0.15) is 5.26 Å². The van der Waals surface area contributed by atoms with E-state index in [-0.39, 0.29) is 5.91 Å². The Labute approximate surface area is 124 Å². The molecule has 0 bridgehead atoms. The molecule has 3 N–H and O–H groups in total. The van der Waals surface area contributed by atoms with Gasteiger partial charge >= 0.3 is 0 Å². The molecular weight excluding hydrogens is 270 g/mol. The second-order valence-electron chi connectivity index (χ2n) is 5.60. The van der Waals surface area contributed by atoms with Crippen molar-refractivity contribution >= 4 is 22.2 Å². The number of carbonyl (C=O) groups excluding carboxylic acids is 1. The van der Waals surface area contributed by atoms with Gasteiger partial charge < -0.3 is 11.1 Å². The van der Waals surface area contributed by atoms with E-state index in [9.17, 15) is 10.1 Å². The van der Waals surface area contributed by atoms with Gasteiger partial charge in [0.2, 0.25) is 5.91 Å². The van der Waals surface area contributed by atoms with Crippen molar-refractivity contribution in [2.45, 2.75) is 46.0 Å². The minimum atomic E-state index is -0.448. The number of anilines is 1. The fraction of sp³-hybridized carbons (Fsp3) is 0.600. The fourth-order valence-electron chi connectivity index (χ4n) is 2.84. The molecule has 1 aromatic rings. The highest BCUT2D eigenvalue weighted by Gasteiger charge is 2.38. The number of hydrogen-bond acceptors (Lipinski definition) is 4. The van der Waals surface area contributed by atoms with Gasteiger partial charge in [0.15, 0.2) is 0 Å². The number of hydrogen-bond donors (Lipinski definition) is 2. The predicted octanol–water partition coefficient (Wildman–Crippen LogP) is 3.08. The van der Waals surface area contributed by atoms with Crippen LogP contribution in [0.15, 0.2) is 0 Å². The average molecular weight is 291 g/mol. The molecule has 0 spiro atoms. The number of nitrogens with one attached hydrogen (secondary N) is 1. The van der Waals surface area contributed by atoms with Crippen LogP contribution in [0.25, 0.3) is 0 Å². The normalized spacial score (nSPS) is 17.5. The molecule has 0 radical (unpaired) electrons. The summed E-state index contributed by atoms with van der Waals surface area (Å²) in [4.78, 5) is 13.7. The number of aryl methyl sites for hydroxylation is 1. The Bertz CT molecular complexity index is 550. The number of rotatable bonds is 3. The third-order valence-corrected chi connectivity index (χ3v) is 5.53. The Morgan fingerprint density at radius 3 is 2.60 bits per heavy atom. The maximum Gasteiger partial charge on any atom is 0.232 e. The van der Waals surface area contributed by atoms with Crippen molar-refractivity contribution in [2.24, 2.45) is 11.1 Å². The molecule has 108 valence electrons. The van der Waals surface area contributed by atoms with E-state index in [1.54, 1.807) is 0 Å². The van der Waals surface area contributed by atoms with Crippen molar-refractivity contribution in [3.63, 3.8) is 0 Å². The van der Waals surface area contributed by atoms with Crippen molar-refractivity contribution in [3.05, 3.63) is 16.0 Å². The van der Waals surface area contributed by atoms with Crippen LogP contribution in [0.3, 0.4) is 0 Å². The molecule has 20 heavy (non-hydrogen) atoms. The second-order valence-corrected chi connectivity index (χ2v) is 6.82. The summed E-state index contributed by atoms with van der Waals surface area (Å²) in [6, 6.07) is 2.19. The molecule has 0 unspecified atom stereocenters. The zero-order chi connectivity index (χ0) is 14.8. The standard InChI is InChI=1S/C15H21N3OS/c1-10-11(2)20-13(12(10)8-16)18-14(19)15(9-17)6-4-3-5-7-15/h3-7,9,17H2,1-2H3,(H,18,19). The van der Waals surface area contributed by atoms with Gasteiger partial charge in [0.1, 0.15) is 11.1 Å². The van der Waals surface area contributed by atoms with Crippen molar-refractivity contribution in [1.82, 2.24) is 0 Å². The first-order chi connectivity index (χ1) is 9.54. The molecule has 0 aromatic carbocycles. The van der Waals surface area contributed by atoms with Crippen LogP contribution < -0.4 is 11.1 Å². The Balaban J connectivity index is 2.23. The smallest absolute Gasteiger partial charge is 0.232 e. The number of nitrogens with zero attached hydrogens (tertiary/aromatic N) is 1. The van der Waals surface area contributed by atoms with Crippen molar-refractivity contribution in [3.8, 4) is 6.07 Å². The van der Waals surface area contributed by atoms with Gasteiger partial charge in [0.25, 0.3) is 0 Å². The van der Waals surface area contributed by atoms with Crippen LogP contribution >= 0.6 is 11.3 Å². The molecule has 1 aliphatic rings. The lowest BCUT2D eigenvalue weighted by Gasteiger charge is -2.34.